The van der Waals surface area contributed by atoms with E-state index in [9.17, 15) is 4.79 Å². The number of anilines is 1. The Labute approximate surface area is 117 Å². The first-order chi connectivity index (χ1) is 9.67. The Bertz CT molecular complexity index is 636. The van der Waals surface area contributed by atoms with Crippen LogP contribution in [0.2, 0.25) is 0 Å². The molecule has 1 fully saturated rings. The Morgan fingerprint density at radius 3 is 3.25 bits per heavy atom. The third-order valence-corrected chi connectivity index (χ3v) is 3.82. The SMILES string of the molecule is CNC(=O)C1CCCN1Cc1nc2ccc(N)cc2[nH]1. The molecule has 0 radical (unpaired) electrons. The zero-order valence-electron chi connectivity index (χ0n) is 11.5. The number of nitrogen functional groups attached to an aromatic ring is 1. The van der Waals surface area contributed by atoms with Crippen molar-refractivity contribution in [1.29, 1.82) is 0 Å². The van der Waals surface area contributed by atoms with Gasteiger partial charge in [0.15, 0.2) is 0 Å². The van der Waals surface area contributed by atoms with Crippen LogP contribution >= 0.6 is 0 Å². The lowest BCUT2D eigenvalue weighted by molar-refractivity contribution is -0.125. The van der Waals surface area contributed by atoms with Crippen molar-refractivity contribution in [2.24, 2.45) is 0 Å². The van der Waals surface area contributed by atoms with Gasteiger partial charge < -0.3 is 16.0 Å². The molecule has 0 spiro atoms. The predicted octanol–water partition coefficient (Wildman–Crippen LogP) is 0.855. The maximum atomic E-state index is 11.8. The summed E-state index contributed by atoms with van der Waals surface area (Å²) in [4.78, 5) is 21.8. The van der Waals surface area contributed by atoms with Crippen LogP contribution in [0.3, 0.4) is 0 Å². The van der Waals surface area contributed by atoms with Crippen LogP contribution < -0.4 is 11.1 Å². The van der Waals surface area contributed by atoms with Crippen LogP contribution in [0.1, 0.15) is 18.7 Å². The third-order valence-electron chi connectivity index (χ3n) is 3.82. The minimum atomic E-state index is -0.0433. The summed E-state index contributed by atoms with van der Waals surface area (Å²) >= 11 is 0. The van der Waals surface area contributed by atoms with Gasteiger partial charge in [0.25, 0.3) is 0 Å². The van der Waals surface area contributed by atoms with Crippen LogP contribution in [0.4, 0.5) is 5.69 Å². The van der Waals surface area contributed by atoms with E-state index in [0.717, 1.165) is 41.9 Å². The van der Waals surface area contributed by atoms with Crippen molar-refractivity contribution in [1.82, 2.24) is 20.2 Å². The number of nitrogens with one attached hydrogen (secondary N) is 2. The fourth-order valence-electron chi connectivity index (χ4n) is 2.83. The first kappa shape index (κ1) is 12.9. The molecule has 0 bridgehead atoms. The van der Waals surface area contributed by atoms with E-state index in [1.807, 2.05) is 18.2 Å². The minimum absolute atomic E-state index is 0.0433. The predicted molar refractivity (Wildman–Crippen MR) is 78.0 cm³/mol. The van der Waals surface area contributed by atoms with Crippen molar-refractivity contribution in [3.05, 3.63) is 24.0 Å². The van der Waals surface area contributed by atoms with Gasteiger partial charge in [0, 0.05) is 12.7 Å². The molecule has 6 heteroatoms. The molecule has 4 N–H and O–H groups in total. The first-order valence-corrected chi connectivity index (χ1v) is 6.87. The van der Waals surface area contributed by atoms with E-state index in [0.29, 0.717) is 6.54 Å². The fraction of sp³-hybridized carbons (Fsp3) is 0.429. The fourth-order valence-corrected chi connectivity index (χ4v) is 2.83. The van der Waals surface area contributed by atoms with E-state index in [-0.39, 0.29) is 11.9 Å². The van der Waals surface area contributed by atoms with E-state index in [2.05, 4.69) is 20.2 Å². The van der Waals surface area contributed by atoms with E-state index < -0.39 is 0 Å². The minimum Gasteiger partial charge on any atom is -0.399 e. The molecule has 6 nitrogen and oxygen atoms in total. The van der Waals surface area contributed by atoms with Gasteiger partial charge in [-0.05, 0) is 37.6 Å². The highest BCUT2D eigenvalue weighted by atomic mass is 16.2. The summed E-state index contributed by atoms with van der Waals surface area (Å²) in [6.45, 7) is 1.59. The number of likely N-dealkylation sites (tertiary alicyclic amines) is 1. The molecular weight excluding hydrogens is 254 g/mol. The van der Waals surface area contributed by atoms with Crippen molar-refractivity contribution >= 4 is 22.6 Å². The molecule has 1 aromatic carbocycles. The molecule has 1 aliphatic rings. The number of aromatic nitrogens is 2. The molecule has 0 saturated carbocycles. The molecule has 2 aromatic rings. The topological polar surface area (TPSA) is 87.0 Å². The molecule has 2 heterocycles. The van der Waals surface area contributed by atoms with Crippen molar-refractivity contribution < 1.29 is 4.79 Å². The molecule has 1 unspecified atom stereocenters. The Morgan fingerprint density at radius 1 is 1.60 bits per heavy atom. The molecule has 0 aliphatic carbocycles. The summed E-state index contributed by atoms with van der Waals surface area (Å²) in [5, 5.41) is 2.73. The molecular formula is C14H19N5O. The zero-order chi connectivity index (χ0) is 14.1. The van der Waals surface area contributed by atoms with Crippen LogP contribution in [-0.4, -0.2) is 40.4 Å². The highest BCUT2D eigenvalue weighted by Crippen LogP contribution is 2.21. The summed E-state index contributed by atoms with van der Waals surface area (Å²) < 4.78 is 0. The maximum Gasteiger partial charge on any atom is 0.237 e. The Balaban J connectivity index is 1.80. The number of nitrogens with zero attached hydrogens (tertiary/aromatic N) is 2. The lowest BCUT2D eigenvalue weighted by atomic mass is 10.2. The number of H-pyrrole nitrogens is 1. The van der Waals surface area contributed by atoms with Gasteiger partial charge in [0.1, 0.15) is 5.82 Å². The number of hydrogen-bond acceptors (Lipinski definition) is 4. The highest BCUT2D eigenvalue weighted by Gasteiger charge is 2.30. The number of benzene rings is 1. The second-order valence-corrected chi connectivity index (χ2v) is 5.20. The van der Waals surface area contributed by atoms with E-state index in [1.165, 1.54) is 0 Å². The average molecular weight is 273 g/mol. The Kier molecular flexibility index (Phi) is 3.31. The monoisotopic (exact) mass is 273 g/mol. The molecule has 3 rings (SSSR count). The number of rotatable bonds is 3. The highest BCUT2D eigenvalue weighted by molar-refractivity contribution is 5.81. The van der Waals surface area contributed by atoms with Crippen molar-refractivity contribution in [3.8, 4) is 0 Å². The van der Waals surface area contributed by atoms with Gasteiger partial charge >= 0.3 is 0 Å². The number of hydrogen-bond donors (Lipinski definition) is 3. The summed E-state index contributed by atoms with van der Waals surface area (Å²) in [5.74, 6) is 0.962. The molecule has 1 amide bonds. The number of amides is 1. The molecule has 1 atom stereocenters. The van der Waals surface area contributed by atoms with Crippen molar-refractivity contribution in [2.75, 3.05) is 19.3 Å². The quantitative estimate of drug-likeness (QED) is 0.724. The van der Waals surface area contributed by atoms with Gasteiger partial charge in [0.05, 0.1) is 23.6 Å². The molecule has 1 saturated heterocycles. The number of carbonyl (C=O) groups is 1. The van der Waals surface area contributed by atoms with Crippen LogP contribution in [0.15, 0.2) is 18.2 Å². The number of nitrogens with two attached hydrogens (primary N) is 1. The Morgan fingerprint density at radius 2 is 2.45 bits per heavy atom. The Hall–Kier alpha value is -2.08. The van der Waals surface area contributed by atoms with Crippen LogP contribution in [0.25, 0.3) is 11.0 Å². The number of aromatic amines is 1. The third kappa shape index (κ3) is 2.34. The van der Waals surface area contributed by atoms with Gasteiger partial charge in [-0.1, -0.05) is 0 Å². The van der Waals surface area contributed by atoms with Gasteiger partial charge in [-0.2, -0.15) is 0 Å². The molecule has 20 heavy (non-hydrogen) atoms. The maximum absolute atomic E-state index is 11.8. The van der Waals surface area contributed by atoms with Gasteiger partial charge in [-0.15, -0.1) is 0 Å². The summed E-state index contributed by atoms with van der Waals surface area (Å²) in [6.07, 6.45) is 1.96. The standard InChI is InChI=1S/C14H19N5O/c1-16-14(20)12-3-2-6-19(12)8-13-17-10-5-4-9(15)7-11(10)18-13/h4-5,7,12H,2-3,6,8,15H2,1H3,(H,16,20)(H,17,18). The van der Waals surface area contributed by atoms with Crippen LogP contribution in [-0.2, 0) is 11.3 Å². The van der Waals surface area contributed by atoms with E-state index in [4.69, 9.17) is 5.73 Å². The lowest BCUT2D eigenvalue weighted by Gasteiger charge is -2.21. The summed E-state index contributed by atoms with van der Waals surface area (Å²) in [7, 11) is 1.68. The lowest BCUT2D eigenvalue weighted by Crippen LogP contribution is -2.41. The zero-order valence-corrected chi connectivity index (χ0v) is 11.5. The number of likely N-dealkylation sites (N-methyl/N-ethyl adjacent to an activating group) is 1. The number of imidazole rings is 1. The summed E-state index contributed by atoms with van der Waals surface area (Å²) in [6, 6.07) is 5.59. The van der Waals surface area contributed by atoms with Crippen molar-refractivity contribution in [3.63, 3.8) is 0 Å². The van der Waals surface area contributed by atoms with Crippen LogP contribution in [0, 0.1) is 0 Å². The van der Waals surface area contributed by atoms with Gasteiger partial charge in [-0.25, -0.2) is 4.98 Å². The summed E-state index contributed by atoms with van der Waals surface area (Å²) in [5.41, 5.74) is 8.33. The normalized spacial score (nSPS) is 19.6. The number of carbonyl (C=O) groups excluding carboxylic acids is 1. The molecule has 1 aromatic heterocycles. The van der Waals surface area contributed by atoms with E-state index in [1.54, 1.807) is 7.05 Å². The first-order valence-electron chi connectivity index (χ1n) is 6.87. The van der Waals surface area contributed by atoms with E-state index >= 15 is 0 Å². The second-order valence-electron chi connectivity index (χ2n) is 5.20. The van der Waals surface area contributed by atoms with Crippen LogP contribution in [0.5, 0.6) is 0 Å². The van der Waals surface area contributed by atoms with Gasteiger partial charge in [0.2, 0.25) is 5.91 Å². The second kappa shape index (κ2) is 5.13. The largest absolute Gasteiger partial charge is 0.399 e. The molecule has 106 valence electrons. The smallest absolute Gasteiger partial charge is 0.237 e. The van der Waals surface area contributed by atoms with Gasteiger partial charge in [-0.3, -0.25) is 9.69 Å². The number of fused-ring (bicyclic) bond motifs is 1. The molecule has 1 aliphatic heterocycles. The van der Waals surface area contributed by atoms with Crippen molar-refractivity contribution in [2.45, 2.75) is 25.4 Å². The average Bonchev–Trinajstić information content (AvgIpc) is 3.04.